The van der Waals surface area contributed by atoms with Crippen LogP contribution >= 0.6 is 0 Å². The highest BCUT2D eigenvalue weighted by atomic mass is 19.2. The molecule has 132 valence electrons. The monoisotopic (exact) mass is 352 g/mol. The molecule has 2 amide bonds. The Balaban J connectivity index is 2.08. The van der Waals surface area contributed by atoms with E-state index in [4.69, 9.17) is 4.74 Å². The van der Waals surface area contributed by atoms with Gasteiger partial charge >= 0.3 is 0 Å². The summed E-state index contributed by atoms with van der Waals surface area (Å²) in [5, 5.41) is 4.65. The van der Waals surface area contributed by atoms with Crippen molar-refractivity contribution in [2.75, 3.05) is 13.7 Å². The number of carbonyl (C=O) groups excluding carboxylic acids is 2. The first kappa shape index (κ1) is 18.3. The molecule has 0 aliphatic heterocycles. The molecule has 0 aromatic heterocycles. The van der Waals surface area contributed by atoms with Crippen molar-refractivity contribution in [3.05, 3.63) is 65.5 Å². The molecule has 1 atom stereocenters. The zero-order chi connectivity index (χ0) is 18.4. The van der Waals surface area contributed by atoms with Crippen molar-refractivity contribution >= 4 is 11.8 Å². The number of halogens is 3. The van der Waals surface area contributed by atoms with Gasteiger partial charge in [0.25, 0.3) is 5.91 Å². The van der Waals surface area contributed by atoms with Crippen LogP contribution in [0.4, 0.5) is 13.2 Å². The molecule has 0 radical (unpaired) electrons. The maximum atomic E-state index is 13.4. The van der Waals surface area contributed by atoms with Crippen molar-refractivity contribution < 1.29 is 27.5 Å². The fraction of sp³-hybridized carbons (Fsp3) is 0.176. The lowest BCUT2D eigenvalue weighted by atomic mass is 10.1. The number of amides is 2. The third kappa shape index (κ3) is 4.72. The molecule has 1 unspecified atom stereocenters. The SMILES string of the molecule is CNC(=O)C(NC(=O)COc1ccccc1F)c1ccc(F)c(F)c1. The van der Waals surface area contributed by atoms with Crippen molar-refractivity contribution in [2.45, 2.75) is 6.04 Å². The van der Waals surface area contributed by atoms with Gasteiger partial charge in [0, 0.05) is 7.05 Å². The number of likely N-dealkylation sites (N-methyl/N-ethyl adjacent to an activating group) is 1. The van der Waals surface area contributed by atoms with E-state index in [-0.39, 0.29) is 11.3 Å². The Kier molecular flexibility index (Phi) is 5.99. The van der Waals surface area contributed by atoms with E-state index in [2.05, 4.69) is 10.6 Å². The Labute approximate surface area is 141 Å². The van der Waals surface area contributed by atoms with Crippen LogP contribution in [0, 0.1) is 17.5 Å². The summed E-state index contributed by atoms with van der Waals surface area (Å²) in [5.41, 5.74) is 0.0532. The predicted octanol–water partition coefficient (Wildman–Crippen LogP) is 2.09. The van der Waals surface area contributed by atoms with Crippen LogP contribution in [0.5, 0.6) is 5.75 Å². The van der Waals surface area contributed by atoms with Gasteiger partial charge in [0.2, 0.25) is 5.91 Å². The third-order valence-electron chi connectivity index (χ3n) is 3.29. The van der Waals surface area contributed by atoms with E-state index in [0.29, 0.717) is 0 Å². The fourth-order valence-corrected chi connectivity index (χ4v) is 2.04. The molecule has 25 heavy (non-hydrogen) atoms. The number of rotatable bonds is 6. The van der Waals surface area contributed by atoms with Gasteiger partial charge in [0.1, 0.15) is 6.04 Å². The highest BCUT2D eigenvalue weighted by Gasteiger charge is 2.23. The summed E-state index contributed by atoms with van der Waals surface area (Å²) in [7, 11) is 1.33. The predicted molar refractivity (Wildman–Crippen MR) is 83.2 cm³/mol. The summed E-state index contributed by atoms with van der Waals surface area (Å²) in [6.45, 7) is -0.557. The molecule has 0 saturated carbocycles. The number of hydrogen-bond donors (Lipinski definition) is 2. The van der Waals surface area contributed by atoms with Gasteiger partial charge in [0.15, 0.2) is 29.8 Å². The summed E-state index contributed by atoms with van der Waals surface area (Å²) < 4.78 is 44.9. The lowest BCUT2D eigenvalue weighted by Crippen LogP contribution is -2.41. The minimum atomic E-state index is -1.25. The molecule has 0 saturated heterocycles. The van der Waals surface area contributed by atoms with E-state index in [1.165, 1.54) is 37.4 Å². The first-order valence-electron chi connectivity index (χ1n) is 7.25. The summed E-state index contributed by atoms with van der Waals surface area (Å²) in [6.07, 6.45) is 0. The average molecular weight is 352 g/mol. The summed E-state index contributed by atoms with van der Waals surface area (Å²) in [4.78, 5) is 23.9. The van der Waals surface area contributed by atoms with Crippen LogP contribution in [0.1, 0.15) is 11.6 Å². The summed E-state index contributed by atoms with van der Waals surface area (Å²) >= 11 is 0. The minimum absolute atomic E-state index is 0.0532. The molecule has 2 N–H and O–H groups in total. The van der Waals surface area contributed by atoms with Crippen molar-refractivity contribution in [3.63, 3.8) is 0 Å². The van der Waals surface area contributed by atoms with E-state index in [1.54, 1.807) is 0 Å². The van der Waals surface area contributed by atoms with E-state index in [0.717, 1.165) is 12.1 Å². The molecule has 0 aliphatic carbocycles. The second-order valence-electron chi connectivity index (χ2n) is 5.01. The number of benzene rings is 2. The van der Waals surface area contributed by atoms with Crippen LogP contribution in [0.2, 0.25) is 0 Å². The van der Waals surface area contributed by atoms with Crippen LogP contribution in [0.15, 0.2) is 42.5 Å². The van der Waals surface area contributed by atoms with Gasteiger partial charge in [-0.2, -0.15) is 0 Å². The van der Waals surface area contributed by atoms with Gasteiger partial charge in [-0.1, -0.05) is 18.2 Å². The Hall–Kier alpha value is -3.03. The number of para-hydroxylation sites is 1. The van der Waals surface area contributed by atoms with Crippen molar-refractivity contribution in [1.82, 2.24) is 10.6 Å². The molecule has 2 rings (SSSR count). The molecule has 0 spiro atoms. The smallest absolute Gasteiger partial charge is 0.258 e. The van der Waals surface area contributed by atoms with E-state index >= 15 is 0 Å². The number of carbonyl (C=O) groups is 2. The molecule has 2 aromatic rings. The average Bonchev–Trinajstić information content (AvgIpc) is 2.61. The van der Waals surface area contributed by atoms with E-state index < -0.39 is 41.9 Å². The molecule has 5 nitrogen and oxygen atoms in total. The van der Waals surface area contributed by atoms with Crippen LogP contribution in [0.25, 0.3) is 0 Å². The van der Waals surface area contributed by atoms with Crippen LogP contribution in [-0.4, -0.2) is 25.5 Å². The van der Waals surface area contributed by atoms with Gasteiger partial charge in [-0.05, 0) is 29.8 Å². The Morgan fingerprint density at radius 2 is 1.76 bits per heavy atom. The van der Waals surface area contributed by atoms with Gasteiger partial charge in [-0.25, -0.2) is 13.2 Å². The molecule has 2 aromatic carbocycles. The van der Waals surface area contributed by atoms with Crippen molar-refractivity contribution in [2.24, 2.45) is 0 Å². The highest BCUT2D eigenvalue weighted by Crippen LogP contribution is 2.18. The fourth-order valence-electron chi connectivity index (χ4n) is 2.04. The Morgan fingerprint density at radius 1 is 1.04 bits per heavy atom. The maximum absolute atomic E-state index is 13.4. The van der Waals surface area contributed by atoms with Crippen molar-refractivity contribution in [1.29, 1.82) is 0 Å². The summed E-state index contributed by atoms with van der Waals surface area (Å²) in [5.74, 6) is -4.36. The second-order valence-corrected chi connectivity index (χ2v) is 5.01. The third-order valence-corrected chi connectivity index (χ3v) is 3.29. The van der Waals surface area contributed by atoms with Crippen LogP contribution < -0.4 is 15.4 Å². The normalized spacial score (nSPS) is 11.5. The zero-order valence-electron chi connectivity index (χ0n) is 13.2. The second kappa shape index (κ2) is 8.18. The number of nitrogens with one attached hydrogen (secondary N) is 2. The van der Waals surface area contributed by atoms with Crippen LogP contribution in [-0.2, 0) is 9.59 Å². The lowest BCUT2D eigenvalue weighted by Gasteiger charge is -2.18. The quantitative estimate of drug-likeness (QED) is 0.837. The molecular formula is C17H15F3N2O3. The molecular weight excluding hydrogens is 337 g/mol. The zero-order valence-corrected chi connectivity index (χ0v) is 13.2. The topological polar surface area (TPSA) is 67.4 Å². The highest BCUT2D eigenvalue weighted by molar-refractivity contribution is 5.89. The first-order valence-corrected chi connectivity index (χ1v) is 7.25. The molecule has 0 fully saturated rings. The van der Waals surface area contributed by atoms with Crippen molar-refractivity contribution in [3.8, 4) is 5.75 Å². The first-order chi connectivity index (χ1) is 11.9. The lowest BCUT2D eigenvalue weighted by molar-refractivity contribution is -0.130. The standard InChI is InChI=1S/C17H15F3N2O3/c1-21-17(24)16(10-6-7-11(18)13(20)8-10)22-15(23)9-25-14-5-3-2-4-12(14)19/h2-8,16H,9H2,1H3,(H,21,24)(H,22,23). The van der Waals surface area contributed by atoms with E-state index in [9.17, 15) is 22.8 Å². The van der Waals surface area contributed by atoms with Gasteiger partial charge in [-0.15, -0.1) is 0 Å². The molecule has 0 aliphatic rings. The Bertz CT molecular complexity index is 783. The van der Waals surface area contributed by atoms with Gasteiger partial charge in [-0.3, -0.25) is 9.59 Å². The minimum Gasteiger partial charge on any atom is -0.481 e. The van der Waals surface area contributed by atoms with E-state index in [1.807, 2.05) is 0 Å². The number of ether oxygens (including phenoxy) is 1. The number of hydrogen-bond acceptors (Lipinski definition) is 3. The van der Waals surface area contributed by atoms with Gasteiger partial charge < -0.3 is 15.4 Å². The molecule has 0 bridgehead atoms. The Morgan fingerprint density at radius 3 is 2.40 bits per heavy atom. The van der Waals surface area contributed by atoms with Gasteiger partial charge in [0.05, 0.1) is 0 Å². The van der Waals surface area contributed by atoms with Crippen LogP contribution in [0.3, 0.4) is 0 Å². The largest absolute Gasteiger partial charge is 0.481 e. The maximum Gasteiger partial charge on any atom is 0.258 e. The molecule has 8 heteroatoms. The summed E-state index contributed by atoms with van der Waals surface area (Å²) in [6, 6.07) is 7.09. The molecule has 0 heterocycles.